The van der Waals surface area contributed by atoms with Gasteiger partial charge in [0.1, 0.15) is 11.9 Å². The van der Waals surface area contributed by atoms with Gasteiger partial charge in [0.15, 0.2) is 0 Å². The first kappa shape index (κ1) is 11.0. The van der Waals surface area contributed by atoms with Crippen molar-refractivity contribution in [1.82, 2.24) is 0 Å². The van der Waals surface area contributed by atoms with Crippen LogP contribution in [-0.4, -0.2) is 17.9 Å². The molecule has 1 aliphatic rings. The standard InChI is InChI=1S/C11H16O3/c1-3-4-9(6-8-12)11(2)7-5-10(13)14-11/h5,7-9H,3-4,6H2,1-2H3/t9-,11-/m1/s1. The van der Waals surface area contributed by atoms with E-state index < -0.39 is 5.60 Å². The molecule has 1 heterocycles. The van der Waals surface area contributed by atoms with Crippen LogP contribution in [0.5, 0.6) is 0 Å². The van der Waals surface area contributed by atoms with Gasteiger partial charge in [-0.3, -0.25) is 0 Å². The minimum absolute atomic E-state index is 0.104. The van der Waals surface area contributed by atoms with Gasteiger partial charge in [0.2, 0.25) is 0 Å². The van der Waals surface area contributed by atoms with Crippen LogP contribution >= 0.6 is 0 Å². The Hall–Kier alpha value is -1.12. The maximum Gasteiger partial charge on any atom is 0.331 e. The lowest BCUT2D eigenvalue weighted by atomic mass is 9.84. The van der Waals surface area contributed by atoms with Crippen LogP contribution in [-0.2, 0) is 14.3 Å². The molecule has 0 aromatic heterocycles. The zero-order chi connectivity index (χ0) is 10.6. The van der Waals surface area contributed by atoms with E-state index in [0.717, 1.165) is 19.1 Å². The molecule has 14 heavy (non-hydrogen) atoms. The molecule has 0 N–H and O–H groups in total. The fourth-order valence-electron chi connectivity index (χ4n) is 1.84. The molecule has 1 rings (SSSR count). The Morgan fingerprint density at radius 3 is 2.79 bits per heavy atom. The molecule has 0 amide bonds. The van der Waals surface area contributed by atoms with Crippen molar-refractivity contribution in [3.05, 3.63) is 12.2 Å². The number of carbonyl (C=O) groups is 2. The highest BCUT2D eigenvalue weighted by atomic mass is 16.6. The van der Waals surface area contributed by atoms with Crippen LogP contribution in [0.3, 0.4) is 0 Å². The highest BCUT2D eigenvalue weighted by Gasteiger charge is 2.37. The zero-order valence-electron chi connectivity index (χ0n) is 8.66. The van der Waals surface area contributed by atoms with E-state index in [0.29, 0.717) is 6.42 Å². The number of hydrogen-bond acceptors (Lipinski definition) is 3. The molecule has 78 valence electrons. The van der Waals surface area contributed by atoms with Crippen molar-refractivity contribution in [3.63, 3.8) is 0 Å². The number of cyclic esters (lactones) is 1. The quantitative estimate of drug-likeness (QED) is 0.498. The summed E-state index contributed by atoms with van der Waals surface area (Å²) in [7, 11) is 0. The number of carbonyl (C=O) groups excluding carboxylic acids is 2. The first-order chi connectivity index (χ1) is 6.62. The second-order valence-corrected chi connectivity index (χ2v) is 3.83. The summed E-state index contributed by atoms with van der Waals surface area (Å²) in [5, 5.41) is 0. The van der Waals surface area contributed by atoms with Gasteiger partial charge in [-0.1, -0.05) is 13.3 Å². The summed E-state index contributed by atoms with van der Waals surface area (Å²) in [5.41, 5.74) is -0.575. The van der Waals surface area contributed by atoms with Crippen molar-refractivity contribution in [2.75, 3.05) is 0 Å². The van der Waals surface area contributed by atoms with Gasteiger partial charge in [0.05, 0.1) is 0 Å². The van der Waals surface area contributed by atoms with Crippen molar-refractivity contribution >= 4 is 12.3 Å². The Morgan fingerprint density at radius 2 is 2.36 bits per heavy atom. The lowest BCUT2D eigenvalue weighted by Gasteiger charge is -2.30. The van der Waals surface area contributed by atoms with Crippen LogP contribution in [0, 0.1) is 5.92 Å². The van der Waals surface area contributed by atoms with Crippen LogP contribution < -0.4 is 0 Å². The van der Waals surface area contributed by atoms with Crippen molar-refractivity contribution in [2.45, 2.75) is 38.7 Å². The predicted octanol–water partition coefficient (Wildman–Crippen LogP) is 1.86. The molecule has 1 aliphatic heterocycles. The van der Waals surface area contributed by atoms with E-state index in [4.69, 9.17) is 4.74 Å². The molecule has 0 aromatic carbocycles. The van der Waals surface area contributed by atoms with Crippen molar-refractivity contribution in [2.24, 2.45) is 5.92 Å². The molecule has 0 aromatic rings. The van der Waals surface area contributed by atoms with Crippen molar-refractivity contribution in [1.29, 1.82) is 0 Å². The number of ether oxygens (including phenoxy) is 1. The molecule has 0 bridgehead atoms. The van der Waals surface area contributed by atoms with E-state index in [1.54, 1.807) is 6.08 Å². The maximum absolute atomic E-state index is 11.0. The van der Waals surface area contributed by atoms with E-state index in [-0.39, 0.29) is 11.9 Å². The molecule has 0 radical (unpaired) electrons. The second-order valence-electron chi connectivity index (χ2n) is 3.83. The topological polar surface area (TPSA) is 43.4 Å². The van der Waals surface area contributed by atoms with Gasteiger partial charge in [-0.05, 0) is 19.4 Å². The Morgan fingerprint density at radius 1 is 1.64 bits per heavy atom. The average molecular weight is 196 g/mol. The third kappa shape index (κ3) is 2.22. The van der Waals surface area contributed by atoms with Gasteiger partial charge >= 0.3 is 5.97 Å². The smallest absolute Gasteiger partial charge is 0.331 e. The predicted molar refractivity (Wildman–Crippen MR) is 52.7 cm³/mol. The van der Waals surface area contributed by atoms with Gasteiger partial charge in [-0.25, -0.2) is 4.79 Å². The van der Waals surface area contributed by atoms with E-state index >= 15 is 0 Å². The zero-order valence-corrected chi connectivity index (χ0v) is 8.66. The third-order valence-corrected chi connectivity index (χ3v) is 2.70. The molecule has 2 atom stereocenters. The van der Waals surface area contributed by atoms with E-state index in [1.165, 1.54) is 6.08 Å². The van der Waals surface area contributed by atoms with E-state index in [2.05, 4.69) is 6.92 Å². The van der Waals surface area contributed by atoms with Crippen LogP contribution in [0.4, 0.5) is 0 Å². The number of aldehydes is 1. The van der Waals surface area contributed by atoms with Crippen LogP contribution in [0.2, 0.25) is 0 Å². The van der Waals surface area contributed by atoms with Crippen LogP contribution in [0.1, 0.15) is 33.1 Å². The highest BCUT2D eigenvalue weighted by molar-refractivity contribution is 5.85. The molecule has 3 nitrogen and oxygen atoms in total. The van der Waals surface area contributed by atoms with Gasteiger partial charge < -0.3 is 9.53 Å². The average Bonchev–Trinajstić information content (AvgIpc) is 2.47. The Labute approximate surface area is 84.1 Å². The van der Waals surface area contributed by atoms with Gasteiger partial charge in [0, 0.05) is 18.4 Å². The first-order valence-electron chi connectivity index (χ1n) is 4.98. The van der Waals surface area contributed by atoms with Gasteiger partial charge in [0.25, 0.3) is 0 Å². The van der Waals surface area contributed by atoms with Gasteiger partial charge in [-0.15, -0.1) is 0 Å². The van der Waals surface area contributed by atoms with Crippen LogP contribution in [0.15, 0.2) is 12.2 Å². The summed E-state index contributed by atoms with van der Waals surface area (Å²) in [5.74, 6) is -0.202. The summed E-state index contributed by atoms with van der Waals surface area (Å²) in [6.07, 6.45) is 6.42. The fraction of sp³-hybridized carbons (Fsp3) is 0.636. The summed E-state index contributed by atoms with van der Waals surface area (Å²) in [6.45, 7) is 3.92. The molecular weight excluding hydrogens is 180 g/mol. The summed E-state index contributed by atoms with van der Waals surface area (Å²) in [4.78, 5) is 21.5. The van der Waals surface area contributed by atoms with Gasteiger partial charge in [-0.2, -0.15) is 0 Å². The normalized spacial score (nSPS) is 27.4. The maximum atomic E-state index is 11.0. The molecule has 0 saturated heterocycles. The Bertz CT molecular complexity index is 257. The number of hydrogen-bond donors (Lipinski definition) is 0. The molecule has 0 saturated carbocycles. The second kappa shape index (κ2) is 4.40. The summed E-state index contributed by atoms with van der Waals surface area (Å²) in [6, 6.07) is 0. The number of esters is 1. The van der Waals surface area contributed by atoms with Crippen molar-refractivity contribution < 1.29 is 14.3 Å². The largest absolute Gasteiger partial charge is 0.452 e. The lowest BCUT2D eigenvalue weighted by molar-refractivity contribution is -0.149. The third-order valence-electron chi connectivity index (χ3n) is 2.70. The SMILES string of the molecule is CCC[C@H](CC=O)[C@@]1(C)C=CC(=O)O1. The molecule has 3 heteroatoms. The van der Waals surface area contributed by atoms with E-state index in [9.17, 15) is 9.59 Å². The molecule has 0 fully saturated rings. The monoisotopic (exact) mass is 196 g/mol. The summed E-state index contributed by atoms with van der Waals surface area (Å²) < 4.78 is 5.21. The van der Waals surface area contributed by atoms with E-state index in [1.807, 2.05) is 6.92 Å². The summed E-state index contributed by atoms with van der Waals surface area (Å²) >= 11 is 0. The lowest BCUT2D eigenvalue weighted by Crippen LogP contribution is -2.34. The Balaban J connectivity index is 2.71. The number of rotatable bonds is 5. The van der Waals surface area contributed by atoms with Crippen LogP contribution in [0.25, 0.3) is 0 Å². The minimum Gasteiger partial charge on any atom is -0.452 e. The molecule has 0 unspecified atom stereocenters. The molecular formula is C11H16O3. The fourth-order valence-corrected chi connectivity index (χ4v) is 1.84. The molecule has 0 spiro atoms. The highest BCUT2D eigenvalue weighted by Crippen LogP contribution is 2.33. The first-order valence-corrected chi connectivity index (χ1v) is 4.98. The minimum atomic E-state index is -0.575. The molecule has 0 aliphatic carbocycles. The Kier molecular flexibility index (Phi) is 3.44. The van der Waals surface area contributed by atoms with Crippen molar-refractivity contribution in [3.8, 4) is 0 Å².